The molecule has 0 saturated heterocycles. The molecule has 11 nitrogen and oxygen atoms in total. The number of anilines is 2. The molecule has 0 atom stereocenters. The third-order valence-electron chi connectivity index (χ3n) is 6.95. The van der Waals surface area contributed by atoms with Gasteiger partial charge in [0.2, 0.25) is 11.8 Å². The molecule has 0 saturated carbocycles. The lowest BCUT2D eigenvalue weighted by Gasteiger charge is -2.21. The first kappa shape index (κ1) is 30.8. The van der Waals surface area contributed by atoms with Gasteiger partial charge in [-0.05, 0) is 56.7 Å². The van der Waals surface area contributed by atoms with Gasteiger partial charge in [-0.2, -0.15) is 0 Å². The second-order valence-electron chi connectivity index (χ2n) is 9.73. The van der Waals surface area contributed by atoms with Crippen LogP contribution in [0.25, 0.3) is 11.0 Å². The van der Waals surface area contributed by atoms with Gasteiger partial charge in [-0.15, -0.1) is 0 Å². The number of carbonyl (C=O) groups is 4. The van der Waals surface area contributed by atoms with Crippen molar-refractivity contribution in [2.24, 2.45) is 0 Å². The van der Waals surface area contributed by atoms with Gasteiger partial charge in [-0.3, -0.25) is 23.7 Å². The van der Waals surface area contributed by atoms with Gasteiger partial charge in [-0.1, -0.05) is 36.4 Å². The maximum atomic E-state index is 13.8. The predicted molar refractivity (Wildman–Crippen MR) is 164 cm³/mol. The van der Waals surface area contributed by atoms with Crippen LogP contribution in [0.1, 0.15) is 42.3 Å². The van der Waals surface area contributed by atoms with Gasteiger partial charge in [0.1, 0.15) is 6.54 Å². The Morgan fingerprint density at radius 2 is 1.58 bits per heavy atom. The van der Waals surface area contributed by atoms with E-state index in [2.05, 4.69) is 34.4 Å². The van der Waals surface area contributed by atoms with Crippen LogP contribution in [0.5, 0.6) is 0 Å². The topological polar surface area (TPSA) is 143 Å². The molecule has 0 aliphatic rings. The quantitative estimate of drug-likeness (QED) is 0.161. The number of aromatic amines is 1. The first-order chi connectivity index (χ1) is 20.7. The fourth-order valence-electron chi connectivity index (χ4n) is 4.88. The molecule has 1 aromatic heterocycles. The van der Waals surface area contributed by atoms with Crippen LogP contribution < -0.4 is 21.2 Å². The third-order valence-corrected chi connectivity index (χ3v) is 6.95. The van der Waals surface area contributed by atoms with E-state index in [1.807, 2.05) is 12.1 Å². The van der Waals surface area contributed by atoms with Crippen LogP contribution in [0, 0.1) is 0 Å². The van der Waals surface area contributed by atoms with E-state index in [0.717, 1.165) is 23.3 Å². The zero-order chi connectivity index (χ0) is 30.9. The molecule has 0 fully saturated rings. The highest BCUT2D eigenvalue weighted by molar-refractivity contribution is 6.17. The van der Waals surface area contributed by atoms with Gasteiger partial charge in [-0.25, -0.2) is 4.79 Å². The van der Waals surface area contributed by atoms with Crippen molar-refractivity contribution in [2.75, 3.05) is 36.5 Å². The summed E-state index contributed by atoms with van der Waals surface area (Å²) < 4.78 is 6.16. The molecule has 0 aliphatic carbocycles. The van der Waals surface area contributed by atoms with E-state index < -0.39 is 35.8 Å². The molecular formula is C32H35N5O6. The Kier molecular flexibility index (Phi) is 10.1. The summed E-state index contributed by atoms with van der Waals surface area (Å²) >= 11 is 0. The summed E-state index contributed by atoms with van der Waals surface area (Å²) in [6.45, 7) is 6.97. The third kappa shape index (κ3) is 7.37. The Hall–Kier alpha value is -5.19. The van der Waals surface area contributed by atoms with Crippen LogP contribution in [0.3, 0.4) is 0 Å². The lowest BCUT2D eigenvalue weighted by Crippen LogP contribution is -2.34. The van der Waals surface area contributed by atoms with E-state index >= 15 is 0 Å². The standard InChI is InChI=1S/C32H35N5O6/c1-4-36(5-2)24-15-13-23(14-16-24)34-27(39)19-33-26(38)18-22-12-17-25-30(29(22)31(41)21-10-8-7-9-11-21)37(32(42)35-25)20-28(40)43-6-3/h7-17H,4-6,18-20H2,1-3H3,(H,33,38)(H,34,39)(H,35,42). The van der Waals surface area contributed by atoms with E-state index in [-0.39, 0.29) is 30.7 Å². The molecule has 0 spiro atoms. The average Bonchev–Trinajstić information content (AvgIpc) is 3.32. The number of esters is 1. The Morgan fingerprint density at radius 1 is 0.884 bits per heavy atom. The molecule has 0 aliphatic heterocycles. The number of fused-ring (bicyclic) bond motifs is 1. The number of imidazole rings is 1. The molecule has 224 valence electrons. The number of carbonyl (C=O) groups excluding carboxylic acids is 4. The largest absolute Gasteiger partial charge is 0.465 e. The number of H-pyrrole nitrogens is 1. The van der Waals surface area contributed by atoms with E-state index in [9.17, 15) is 24.0 Å². The zero-order valence-corrected chi connectivity index (χ0v) is 24.4. The second-order valence-corrected chi connectivity index (χ2v) is 9.73. The molecule has 11 heteroatoms. The minimum Gasteiger partial charge on any atom is -0.465 e. The van der Waals surface area contributed by atoms with Crippen LogP contribution in [-0.4, -0.2) is 59.4 Å². The van der Waals surface area contributed by atoms with Gasteiger partial charge >= 0.3 is 11.7 Å². The summed E-state index contributed by atoms with van der Waals surface area (Å²) in [7, 11) is 0. The summed E-state index contributed by atoms with van der Waals surface area (Å²) in [5.41, 5.74) is 2.38. The van der Waals surface area contributed by atoms with Crippen molar-refractivity contribution < 1.29 is 23.9 Å². The Balaban J connectivity index is 1.55. The second kappa shape index (κ2) is 14.1. The minimum atomic E-state index is -0.638. The Bertz CT molecular complexity index is 1670. The van der Waals surface area contributed by atoms with E-state index in [1.54, 1.807) is 61.5 Å². The van der Waals surface area contributed by atoms with Crippen LogP contribution in [0.2, 0.25) is 0 Å². The maximum Gasteiger partial charge on any atom is 0.327 e. The lowest BCUT2D eigenvalue weighted by atomic mass is 9.94. The summed E-state index contributed by atoms with van der Waals surface area (Å²) in [4.78, 5) is 69.3. The molecule has 0 radical (unpaired) electrons. The van der Waals surface area contributed by atoms with Gasteiger partial charge in [0.25, 0.3) is 0 Å². The van der Waals surface area contributed by atoms with Gasteiger partial charge in [0.15, 0.2) is 5.78 Å². The highest BCUT2D eigenvalue weighted by atomic mass is 16.5. The number of benzene rings is 3. The molecule has 0 bridgehead atoms. The maximum absolute atomic E-state index is 13.8. The highest BCUT2D eigenvalue weighted by Gasteiger charge is 2.24. The van der Waals surface area contributed by atoms with Crippen LogP contribution in [0.4, 0.5) is 11.4 Å². The van der Waals surface area contributed by atoms with E-state index in [1.165, 1.54) is 0 Å². The molecule has 4 rings (SSSR count). The first-order valence-corrected chi connectivity index (χ1v) is 14.2. The molecule has 4 aromatic rings. The number of rotatable bonds is 13. The fourth-order valence-corrected chi connectivity index (χ4v) is 4.88. The van der Waals surface area contributed by atoms with Gasteiger partial charge < -0.3 is 25.3 Å². The summed E-state index contributed by atoms with van der Waals surface area (Å²) in [6.07, 6.45) is -0.242. The molecular weight excluding hydrogens is 550 g/mol. The Morgan fingerprint density at radius 3 is 2.23 bits per heavy atom. The fraction of sp³-hybridized carbons (Fsp3) is 0.281. The smallest absolute Gasteiger partial charge is 0.327 e. The molecule has 2 amide bonds. The van der Waals surface area contributed by atoms with Crippen molar-refractivity contribution in [3.63, 3.8) is 0 Å². The zero-order valence-electron chi connectivity index (χ0n) is 24.4. The average molecular weight is 586 g/mol. The highest BCUT2D eigenvalue weighted by Crippen LogP contribution is 2.25. The molecule has 43 heavy (non-hydrogen) atoms. The van der Waals surface area contributed by atoms with Gasteiger partial charge in [0, 0.05) is 30.0 Å². The minimum absolute atomic E-state index is 0.110. The summed E-state index contributed by atoms with van der Waals surface area (Å²) in [5.74, 6) is -1.96. The van der Waals surface area contributed by atoms with Crippen molar-refractivity contribution >= 4 is 46.0 Å². The van der Waals surface area contributed by atoms with Crippen LogP contribution in [-0.2, 0) is 32.1 Å². The molecule has 3 aromatic carbocycles. The van der Waals surface area contributed by atoms with Crippen molar-refractivity contribution in [1.29, 1.82) is 0 Å². The lowest BCUT2D eigenvalue weighted by molar-refractivity contribution is -0.143. The normalized spacial score (nSPS) is 10.8. The van der Waals surface area contributed by atoms with Crippen molar-refractivity contribution in [1.82, 2.24) is 14.9 Å². The predicted octanol–water partition coefficient (Wildman–Crippen LogP) is 3.27. The number of ketones is 1. The van der Waals surface area contributed by atoms with Gasteiger partial charge in [0.05, 0.1) is 36.2 Å². The number of aromatic nitrogens is 2. The van der Waals surface area contributed by atoms with Crippen molar-refractivity contribution in [3.8, 4) is 0 Å². The van der Waals surface area contributed by atoms with Crippen LogP contribution in [0.15, 0.2) is 71.5 Å². The van der Waals surface area contributed by atoms with E-state index in [0.29, 0.717) is 22.3 Å². The summed E-state index contributed by atoms with van der Waals surface area (Å²) in [6, 6.07) is 19.1. The van der Waals surface area contributed by atoms with Crippen LogP contribution >= 0.6 is 0 Å². The molecule has 1 heterocycles. The number of nitrogens with zero attached hydrogens (tertiary/aromatic N) is 2. The summed E-state index contributed by atoms with van der Waals surface area (Å²) in [5, 5.41) is 5.37. The number of hydrogen-bond donors (Lipinski definition) is 3. The molecule has 3 N–H and O–H groups in total. The Labute approximate surface area is 248 Å². The van der Waals surface area contributed by atoms with E-state index in [4.69, 9.17) is 4.74 Å². The SMILES string of the molecule is CCOC(=O)Cn1c(=O)[nH]c2ccc(CC(=O)NCC(=O)Nc3ccc(N(CC)CC)cc3)c(C(=O)c3ccccc3)c21. The number of hydrogen-bond acceptors (Lipinski definition) is 7. The number of amides is 2. The van der Waals surface area contributed by atoms with Crippen molar-refractivity contribution in [3.05, 3.63) is 93.9 Å². The molecule has 0 unspecified atom stereocenters. The number of ether oxygens (including phenoxy) is 1. The first-order valence-electron chi connectivity index (χ1n) is 14.2. The van der Waals surface area contributed by atoms with Crippen molar-refractivity contribution in [2.45, 2.75) is 33.7 Å². The number of nitrogens with one attached hydrogen (secondary N) is 3. The monoisotopic (exact) mass is 585 g/mol.